The lowest BCUT2D eigenvalue weighted by Gasteiger charge is -2.30. The van der Waals surface area contributed by atoms with E-state index in [1.54, 1.807) is 7.11 Å². The minimum Gasteiger partial charge on any atom is -0.496 e. The molecule has 1 aliphatic heterocycles. The second-order valence-electron chi connectivity index (χ2n) is 6.57. The summed E-state index contributed by atoms with van der Waals surface area (Å²) in [7, 11) is 1.66. The molecular formula is C22H20BrNO2. The van der Waals surface area contributed by atoms with E-state index in [0.717, 1.165) is 51.6 Å². The fourth-order valence-electron chi connectivity index (χ4n) is 3.76. The average Bonchev–Trinajstić information content (AvgIpc) is 2.67. The molecule has 0 atom stereocenters. The van der Waals surface area contributed by atoms with Crippen molar-refractivity contribution in [1.29, 1.82) is 0 Å². The summed E-state index contributed by atoms with van der Waals surface area (Å²) >= 11 is 3.52. The van der Waals surface area contributed by atoms with Crippen LogP contribution in [0.4, 0.5) is 5.69 Å². The van der Waals surface area contributed by atoms with E-state index < -0.39 is 0 Å². The third kappa shape index (κ3) is 3.10. The maximum Gasteiger partial charge on any atom is 0.231 e. The highest BCUT2D eigenvalue weighted by Gasteiger charge is 2.23. The topological polar surface area (TPSA) is 29.5 Å². The summed E-state index contributed by atoms with van der Waals surface area (Å²) in [6.45, 7) is 0.772. The number of fused-ring (bicyclic) bond motifs is 2. The fraction of sp³-hybridized carbons (Fsp3) is 0.227. The van der Waals surface area contributed by atoms with Gasteiger partial charge in [-0.05, 0) is 53.4 Å². The van der Waals surface area contributed by atoms with E-state index in [9.17, 15) is 4.79 Å². The van der Waals surface area contributed by atoms with Crippen LogP contribution in [0.1, 0.15) is 17.5 Å². The molecule has 0 saturated heterocycles. The van der Waals surface area contributed by atoms with Gasteiger partial charge in [0.2, 0.25) is 5.91 Å². The molecule has 0 fully saturated rings. The van der Waals surface area contributed by atoms with Gasteiger partial charge in [-0.2, -0.15) is 0 Å². The number of ether oxygens (including phenoxy) is 1. The number of nitrogens with zero attached hydrogens (tertiary/aromatic N) is 1. The minimum atomic E-state index is 0.117. The third-order valence-corrected chi connectivity index (χ3v) is 5.50. The molecule has 3 nitrogen and oxygen atoms in total. The molecule has 1 aliphatic rings. The molecule has 1 amide bonds. The van der Waals surface area contributed by atoms with E-state index in [1.165, 1.54) is 5.56 Å². The normalized spacial score (nSPS) is 13.5. The Morgan fingerprint density at radius 2 is 2.00 bits per heavy atom. The highest BCUT2D eigenvalue weighted by molar-refractivity contribution is 9.10. The minimum absolute atomic E-state index is 0.117. The van der Waals surface area contributed by atoms with Crippen molar-refractivity contribution < 1.29 is 9.53 Å². The van der Waals surface area contributed by atoms with Crippen LogP contribution in [0, 0.1) is 0 Å². The highest BCUT2D eigenvalue weighted by atomic mass is 79.9. The monoisotopic (exact) mass is 409 g/mol. The third-order valence-electron chi connectivity index (χ3n) is 5.01. The van der Waals surface area contributed by atoms with Gasteiger partial charge in [-0.15, -0.1) is 0 Å². The number of halogens is 1. The summed E-state index contributed by atoms with van der Waals surface area (Å²) in [6.07, 6.45) is 2.37. The Morgan fingerprint density at radius 3 is 2.85 bits per heavy atom. The van der Waals surface area contributed by atoms with E-state index in [1.807, 2.05) is 41.3 Å². The van der Waals surface area contributed by atoms with Gasteiger partial charge in [0.1, 0.15) is 5.75 Å². The standard InChI is InChI=1S/C22H20BrNO2/c1-26-21-11-8-16-13-17(23)9-10-18(16)19(21)14-22(25)24-12-4-6-15-5-2-3-7-20(15)24/h2-3,5,7-11,13H,4,6,12,14H2,1H3. The molecule has 0 radical (unpaired) electrons. The van der Waals surface area contributed by atoms with Gasteiger partial charge < -0.3 is 9.64 Å². The number of para-hydroxylation sites is 1. The molecule has 4 heteroatoms. The number of rotatable bonds is 3. The molecule has 0 bridgehead atoms. The van der Waals surface area contributed by atoms with Crippen molar-refractivity contribution in [3.8, 4) is 5.75 Å². The molecule has 0 aromatic heterocycles. The number of carbonyl (C=O) groups is 1. The largest absolute Gasteiger partial charge is 0.496 e. The molecule has 132 valence electrons. The molecular weight excluding hydrogens is 390 g/mol. The molecule has 1 heterocycles. The van der Waals surface area contributed by atoms with Crippen molar-refractivity contribution in [2.75, 3.05) is 18.6 Å². The van der Waals surface area contributed by atoms with Crippen LogP contribution in [0.25, 0.3) is 10.8 Å². The molecule has 3 aromatic carbocycles. The predicted molar refractivity (Wildman–Crippen MR) is 109 cm³/mol. The smallest absolute Gasteiger partial charge is 0.231 e. The average molecular weight is 410 g/mol. The second kappa shape index (κ2) is 7.12. The van der Waals surface area contributed by atoms with Crippen LogP contribution in [-0.4, -0.2) is 19.6 Å². The summed E-state index contributed by atoms with van der Waals surface area (Å²) in [5.74, 6) is 0.879. The van der Waals surface area contributed by atoms with Gasteiger partial charge in [0.25, 0.3) is 0 Å². The first kappa shape index (κ1) is 17.1. The quantitative estimate of drug-likeness (QED) is 0.599. The van der Waals surface area contributed by atoms with Gasteiger partial charge in [0, 0.05) is 22.3 Å². The number of carbonyl (C=O) groups excluding carboxylic acids is 1. The molecule has 0 aliphatic carbocycles. The van der Waals surface area contributed by atoms with Crippen molar-refractivity contribution in [2.45, 2.75) is 19.3 Å². The van der Waals surface area contributed by atoms with Crippen molar-refractivity contribution in [3.63, 3.8) is 0 Å². The summed E-state index contributed by atoms with van der Waals surface area (Å²) in [5, 5.41) is 2.16. The highest BCUT2D eigenvalue weighted by Crippen LogP contribution is 2.32. The Hall–Kier alpha value is -2.33. The number of aryl methyl sites for hydroxylation is 1. The predicted octanol–water partition coefficient (Wildman–Crippen LogP) is 5.13. The first-order chi connectivity index (χ1) is 12.7. The molecule has 3 aromatic rings. The maximum atomic E-state index is 13.2. The Morgan fingerprint density at radius 1 is 1.15 bits per heavy atom. The van der Waals surface area contributed by atoms with Crippen LogP contribution >= 0.6 is 15.9 Å². The number of benzene rings is 3. The zero-order valence-corrected chi connectivity index (χ0v) is 16.3. The van der Waals surface area contributed by atoms with E-state index >= 15 is 0 Å². The van der Waals surface area contributed by atoms with Crippen molar-refractivity contribution >= 4 is 38.3 Å². The van der Waals surface area contributed by atoms with Gasteiger partial charge in [0.15, 0.2) is 0 Å². The molecule has 26 heavy (non-hydrogen) atoms. The Kier molecular flexibility index (Phi) is 4.68. The Labute approximate surface area is 161 Å². The van der Waals surface area contributed by atoms with Gasteiger partial charge in [0.05, 0.1) is 13.5 Å². The van der Waals surface area contributed by atoms with Crippen molar-refractivity contribution in [3.05, 3.63) is 70.2 Å². The first-order valence-corrected chi connectivity index (χ1v) is 9.60. The summed E-state index contributed by atoms with van der Waals surface area (Å²) in [5.41, 5.74) is 3.25. The lowest BCUT2D eigenvalue weighted by atomic mass is 9.98. The summed E-state index contributed by atoms with van der Waals surface area (Å²) < 4.78 is 6.58. The first-order valence-electron chi connectivity index (χ1n) is 8.81. The fourth-order valence-corrected chi connectivity index (χ4v) is 4.14. The van der Waals surface area contributed by atoms with Gasteiger partial charge in [-0.25, -0.2) is 0 Å². The molecule has 0 unspecified atom stereocenters. The van der Waals surface area contributed by atoms with E-state index in [0.29, 0.717) is 6.42 Å². The van der Waals surface area contributed by atoms with Crippen LogP contribution < -0.4 is 9.64 Å². The molecule has 0 saturated carbocycles. The summed E-state index contributed by atoms with van der Waals surface area (Å²) in [6, 6.07) is 18.3. The number of methoxy groups -OCH3 is 1. The second-order valence-corrected chi connectivity index (χ2v) is 7.48. The zero-order valence-electron chi connectivity index (χ0n) is 14.7. The lowest BCUT2D eigenvalue weighted by molar-refractivity contribution is -0.118. The number of amides is 1. The lowest BCUT2D eigenvalue weighted by Crippen LogP contribution is -2.36. The van der Waals surface area contributed by atoms with Gasteiger partial charge in [-0.1, -0.05) is 46.3 Å². The Balaban J connectivity index is 1.72. The van der Waals surface area contributed by atoms with E-state index in [4.69, 9.17) is 4.74 Å². The number of hydrogen-bond donors (Lipinski definition) is 0. The van der Waals surface area contributed by atoms with Crippen molar-refractivity contribution in [2.24, 2.45) is 0 Å². The Bertz CT molecular complexity index is 983. The van der Waals surface area contributed by atoms with E-state index in [2.05, 4.69) is 34.1 Å². The van der Waals surface area contributed by atoms with Crippen LogP contribution in [0.15, 0.2) is 59.1 Å². The van der Waals surface area contributed by atoms with Gasteiger partial charge >= 0.3 is 0 Å². The van der Waals surface area contributed by atoms with Gasteiger partial charge in [-0.3, -0.25) is 4.79 Å². The van der Waals surface area contributed by atoms with Crippen LogP contribution in [-0.2, 0) is 17.6 Å². The molecule has 4 rings (SSSR count). The van der Waals surface area contributed by atoms with Crippen LogP contribution in [0.5, 0.6) is 5.75 Å². The van der Waals surface area contributed by atoms with Crippen molar-refractivity contribution in [1.82, 2.24) is 0 Å². The maximum absolute atomic E-state index is 13.2. The number of anilines is 1. The summed E-state index contributed by atoms with van der Waals surface area (Å²) in [4.78, 5) is 15.1. The van der Waals surface area contributed by atoms with E-state index in [-0.39, 0.29) is 5.91 Å². The SMILES string of the molecule is COc1ccc2cc(Br)ccc2c1CC(=O)N1CCCc2ccccc21. The number of hydrogen-bond acceptors (Lipinski definition) is 2. The van der Waals surface area contributed by atoms with Crippen LogP contribution in [0.2, 0.25) is 0 Å². The van der Waals surface area contributed by atoms with Crippen LogP contribution in [0.3, 0.4) is 0 Å². The zero-order chi connectivity index (χ0) is 18.1. The molecule has 0 spiro atoms. The molecule has 0 N–H and O–H groups in total.